The molecule has 1 aromatic heterocycles. The van der Waals surface area contributed by atoms with E-state index < -0.39 is 0 Å². The summed E-state index contributed by atoms with van der Waals surface area (Å²) < 4.78 is 13.9. The predicted molar refractivity (Wildman–Crippen MR) is 71.7 cm³/mol. The van der Waals surface area contributed by atoms with Crippen LogP contribution < -0.4 is 5.32 Å². The Morgan fingerprint density at radius 3 is 2.83 bits per heavy atom. The van der Waals surface area contributed by atoms with E-state index in [2.05, 4.69) is 24.1 Å². The first-order valence-electron chi connectivity index (χ1n) is 6.83. The molecule has 2 unspecified atom stereocenters. The van der Waals surface area contributed by atoms with Gasteiger partial charge in [-0.2, -0.15) is 0 Å². The highest BCUT2D eigenvalue weighted by Gasteiger charge is 2.38. The van der Waals surface area contributed by atoms with Crippen LogP contribution in [0.4, 0.5) is 4.39 Å². The van der Waals surface area contributed by atoms with Crippen molar-refractivity contribution in [3.05, 3.63) is 29.8 Å². The zero-order valence-corrected chi connectivity index (χ0v) is 11.5. The molecule has 0 aliphatic heterocycles. The minimum absolute atomic E-state index is 0.0864. The lowest BCUT2D eigenvalue weighted by Gasteiger charge is -2.43. The summed E-state index contributed by atoms with van der Waals surface area (Å²) in [7, 11) is 1.93. The van der Waals surface area contributed by atoms with E-state index in [0.717, 1.165) is 5.56 Å². The van der Waals surface area contributed by atoms with Gasteiger partial charge in [-0.1, -0.05) is 26.7 Å². The second kappa shape index (κ2) is 5.35. The summed E-state index contributed by atoms with van der Waals surface area (Å²) in [6.45, 7) is 4.61. The van der Waals surface area contributed by atoms with Gasteiger partial charge in [0.25, 0.3) is 0 Å². The fraction of sp³-hybridized carbons (Fsp3) is 0.667. The third kappa shape index (κ3) is 2.56. The summed E-state index contributed by atoms with van der Waals surface area (Å²) in [5.74, 6) is 0.284. The normalized spacial score (nSPS) is 24.8. The van der Waals surface area contributed by atoms with E-state index in [1.54, 1.807) is 12.3 Å². The van der Waals surface area contributed by atoms with Crippen LogP contribution in [0, 0.1) is 17.2 Å². The number of pyridine rings is 1. The van der Waals surface area contributed by atoms with Gasteiger partial charge in [-0.25, -0.2) is 4.39 Å². The standard InChI is InChI=1S/C15H23FN2/c1-15(2)8-5-4-6-12(15)14(17-3)11-7-9-18-10-13(11)16/h7,9-10,12,14,17H,4-6,8H2,1-3H3. The molecule has 1 fully saturated rings. The molecular weight excluding hydrogens is 227 g/mol. The monoisotopic (exact) mass is 250 g/mol. The molecule has 100 valence electrons. The quantitative estimate of drug-likeness (QED) is 0.884. The van der Waals surface area contributed by atoms with E-state index in [4.69, 9.17) is 0 Å². The van der Waals surface area contributed by atoms with Crippen molar-refractivity contribution in [2.24, 2.45) is 11.3 Å². The topological polar surface area (TPSA) is 24.9 Å². The lowest BCUT2D eigenvalue weighted by atomic mass is 9.65. The molecule has 2 nitrogen and oxygen atoms in total. The molecule has 0 aromatic carbocycles. The van der Waals surface area contributed by atoms with Gasteiger partial charge in [0.2, 0.25) is 0 Å². The molecule has 0 saturated heterocycles. The van der Waals surface area contributed by atoms with Crippen LogP contribution >= 0.6 is 0 Å². The van der Waals surface area contributed by atoms with Crippen molar-refractivity contribution in [1.29, 1.82) is 0 Å². The summed E-state index contributed by atoms with van der Waals surface area (Å²) in [5, 5.41) is 3.32. The summed E-state index contributed by atoms with van der Waals surface area (Å²) in [6.07, 6.45) is 7.93. The predicted octanol–water partition coefficient (Wildman–Crippen LogP) is 3.70. The first-order valence-corrected chi connectivity index (χ1v) is 6.83. The number of aromatic nitrogens is 1. The fourth-order valence-electron chi connectivity index (χ4n) is 3.35. The van der Waals surface area contributed by atoms with Gasteiger partial charge in [0.05, 0.1) is 6.20 Å². The number of nitrogens with zero attached hydrogens (tertiary/aromatic N) is 1. The van der Waals surface area contributed by atoms with Crippen LogP contribution in [0.25, 0.3) is 0 Å². The number of nitrogens with one attached hydrogen (secondary N) is 1. The average molecular weight is 250 g/mol. The summed E-state index contributed by atoms with van der Waals surface area (Å²) in [4.78, 5) is 3.84. The Morgan fingerprint density at radius 1 is 1.44 bits per heavy atom. The average Bonchev–Trinajstić information content (AvgIpc) is 2.34. The molecule has 1 aliphatic carbocycles. The van der Waals surface area contributed by atoms with Crippen LogP contribution in [-0.4, -0.2) is 12.0 Å². The largest absolute Gasteiger partial charge is 0.313 e. The highest BCUT2D eigenvalue weighted by atomic mass is 19.1. The maximum absolute atomic E-state index is 13.9. The lowest BCUT2D eigenvalue weighted by molar-refractivity contribution is 0.0998. The Morgan fingerprint density at radius 2 is 2.22 bits per heavy atom. The Balaban J connectivity index is 2.31. The van der Waals surface area contributed by atoms with Crippen molar-refractivity contribution < 1.29 is 4.39 Å². The zero-order chi connectivity index (χ0) is 13.2. The minimum Gasteiger partial charge on any atom is -0.313 e. The highest BCUT2D eigenvalue weighted by molar-refractivity contribution is 5.19. The third-order valence-corrected chi connectivity index (χ3v) is 4.44. The Labute approximate surface area is 109 Å². The Bertz CT molecular complexity index is 403. The second-order valence-electron chi connectivity index (χ2n) is 6.00. The molecule has 0 bridgehead atoms. The number of hydrogen-bond donors (Lipinski definition) is 1. The maximum Gasteiger partial charge on any atom is 0.146 e. The SMILES string of the molecule is CNC(c1ccncc1F)C1CCCCC1(C)C. The van der Waals surface area contributed by atoms with Gasteiger partial charge in [-0.3, -0.25) is 4.98 Å². The number of halogens is 1. The first-order chi connectivity index (χ1) is 8.56. The van der Waals surface area contributed by atoms with Gasteiger partial charge >= 0.3 is 0 Å². The van der Waals surface area contributed by atoms with E-state index >= 15 is 0 Å². The molecule has 1 N–H and O–H groups in total. The van der Waals surface area contributed by atoms with Crippen LogP contribution in [0.2, 0.25) is 0 Å². The van der Waals surface area contributed by atoms with Crippen LogP contribution in [0.15, 0.2) is 18.5 Å². The molecular formula is C15H23FN2. The maximum atomic E-state index is 13.9. The summed E-state index contributed by atoms with van der Waals surface area (Å²) >= 11 is 0. The van der Waals surface area contributed by atoms with Crippen LogP contribution in [0.5, 0.6) is 0 Å². The number of rotatable bonds is 3. The lowest BCUT2D eigenvalue weighted by Crippen LogP contribution is -2.38. The minimum atomic E-state index is -0.196. The summed E-state index contributed by atoms with van der Waals surface area (Å²) in [5.41, 5.74) is 1.02. The molecule has 0 spiro atoms. The molecule has 3 heteroatoms. The zero-order valence-electron chi connectivity index (χ0n) is 11.5. The van der Waals surface area contributed by atoms with Crippen LogP contribution in [-0.2, 0) is 0 Å². The molecule has 2 atom stereocenters. The molecule has 1 heterocycles. The molecule has 2 rings (SSSR count). The van der Waals surface area contributed by atoms with Crippen molar-refractivity contribution in [1.82, 2.24) is 10.3 Å². The summed E-state index contributed by atoms with van der Waals surface area (Å²) in [6, 6.07) is 1.89. The van der Waals surface area contributed by atoms with E-state index in [0.29, 0.717) is 5.92 Å². The van der Waals surface area contributed by atoms with Crippen molar-refractivity contribution in [2.45, 2.75) is 45.6 Å². The van der Waals surface area contributed by atoms with Gasteiger partial charge in [0.1, 0.15) is 5.82 Å². The smallest absolute Gasteiger partial charge is 0.146 e. The van der Waals surface area contributed by atoms with Gasteiger partial charge in [0, 0.05) is 17.8 Å². The second-order valence-corrected chi connectivity index (χ2v) is 6.00. The van der Waals surface area contributed by atoms with Gasteiger partial charge in [0.15, 0.2) is 0 Å². The van der Waals surface area contributed by atoms with Gasteiger partial charge in [-0.05, 0) is 37.3 Å². The highest BCUT2D eigenvalue weighted by Crippen LogP contribution is 2.46. The molecule has 0 amide bonds. The molecule has 1 aromatic rings. The van der Waals surface area contributed by atoms with Crippen LogP contribution in [0.3, 0.4) is 0 Å². The molecule has 1 aliphatic rings. The fourth-order valence-corrected chi connectivity index (χ4v) is 3.35. The van der Waals surface area contributed by atoms with Crippen molar-refractivity contribution in [2.75, 3.05) is 7.05 Å². The molecule has 0 radical (unpaired) electrons. The Hall–Kier alpha value is -0.960. The molecule has 18 heavy (non-hydrogen) atoms. The molecule has 1 saturated carbocycles. The van der Waals surface area contributed by atoms with E-state index in [1.165, 1.54) is 31.9 Å². The van der Waals surface area contributed by atoms with E-state index in [-0.39, 0.29) is 17.3 Å². The third-order valence-electron chi connectivity index (χ3n) is 4.44. The van der Waals surface area contributed by atoms with Gasteiger partial charge in [-0.15, -0.1) is 0 Å². The van der Waals surface area contributed by atoms with Crippen molar-refractivity contribution >= 4 is 0 Å². The Kier molecular flexibility index (Phi) is 4.00. The van der Waals surface area contributed by atoms with E-state index in [9.17, 15) is 4.39 Å². The van der Waals surface area contributed by atoms with Crippen molar-refractivity contribution in [3.8, 4) is 0 Å². The van der Waals surface area contributed by atoms with Crippen molar-refractivity contribution in [3.63, 3.8) is 0 Å². The van der Waals surface area contributed by atoms with Gasteiger partial charge < -0.3 is 5.32 Å². The van der Waals surface area contributed by atoms with Crippen LogP contribution in [0.1, 0.15) is 51.1 Å². The number of hydrogen-bond acceptors (Lipinski definition) is 2. The van der Waals surface area contributed by atoms with E-state index in [1.807, 2.05) is 7.05 Å². The first kappa shape index (κ1) is 13.5.